The number of hydrogen-bond acceptors (Lipinski definition) is 2. The fraction of sp³-hybridized carbons (Fsp3) is 0.143. The van der Waals surface area contributed by atoms with E-state index in [-0.39, 0.29) is 11.3 Å². The standard InChI is InChI=1S/C14H9F4NO/c15-10-5-3-9(4-6-10)13(20)8-12-11(14(16,17)18)2-1-7-19-12/h1-7H,8H2. The van der Waals surface area contributed by atoms with Crippen LogP contribution in [0.3, 0.4) is 0 Å². The van der Waals surface area contributed by atoms with Gasteiger partial charge in [0, 0.05) is 11.8 Å². The SMILES string of the molecule is O=C(Cc1ncccc1C(F)(F)F)c1ccc(F)cc1. The molecule has 0 spiro atoms. The lowest BCUT2D eigenvalue weighted by molar-refractivity contribution is -0.138. The summed E-state index contributed by atoms with van der Waals surface area (Å²) >= 11 is 0. The van der Waals surface area contributed by atoms with Crippen LogP contribution in [0.2, 0.25) is 0 Å². The molecule has 2 nitrogen and oxygen atoms in total. The van der Waals surface area contributed by atoms with Crippen molar-refractivity contribution in [1.82, 2.24) is 4.98 Å². The minimum absolute atomic E-state index is 0.144. The van der Waals surface area contributed by atoms with Gasteiger partial charge in [-0.05, 0) is 36.4 Å². The summed E-state index contributed by atoms with van der Waals surface area (Å²) in [7, 11) is 0. The fourth-order valence-corrected chi connectivity index (χ4v) is 1.73. The summed E-state index contributed by atoms with van der Waals surface area (Å²) in [5, 5.41) is 0. The molecule has 2 aromatic rings. The molecule has 0 N–H and O–H groups in total. The number of aromatic nitrogens is 1. The van der Waals surface area contributed by atoms with E-state index in [0.717, 1.165) is 24.3 Å². The Balaban J connectivity index is 2.26. The van der Waals surface area contributed by atoms with Gasteiger partial charge >= 0.3 is 6.18 Å². The van der Waals surface area contributed by atoms with Gasteiger partial charge in [0.2, 0.25) is 0 Å². The summed E-state index contributed by atoms with van der Waals surface area (Å²) in [6, 6.07) is 6.66. The molecular weight excluding hydrogens is 274 g/mol. The monoisotopic (exact) mass is 283 g/mol. The van der Waals surface area contributed by atoms with E-state index in [1.165, 1.54) is 18.3 Å². The third kappa shape index (κ3) is 3.20. The summed E-state index contributed by atoms with van der Waals surface area (Å²) < 4.78 is 51.0. The van der Waals surface area contributed by atoms with Crippen molar-refractivity contribution in [2.45, 2.75) is 12.6 Å². The summed E-state index contributed by atoms with van der Waals surface area (Å²) in [5.41, 5.74) is -1.13. The van der Waals surface area contributed by atoms with Crippen LogP contribution in [-0.4, -0.2) is 10.8 Å². The zero-order valence-electron chi connectivity index (χ0n) is 10.1. The first kappa shape index (κ1) is 14.2. The van der Waals surface area contributed by atoms with Gasteiger partial charge in [0.15, 0.2) is 5.78 Å². The van der Waals surface area contributed by atoms with Crippen LogP contribution in [0.4, 0.5) is 17.6 Å². The van der Waals surface area contributed by atoms with Crippen molar-refractivity contribution in [1.29, 1.82) is 0 Å². The van der Waals surface area contributed by atoms with E-state index >= 15 is 0 Å². The van der Waals surface area contributed by atoms with Crippen molar-refractivity contribution in [2.24, 2.45) is 0 Å². The lowest BCUT2D eigenvalue weighted by Crippen LogP contribution is -2.14. The highest BCUT2D eigenvalue weighted by Gasteiger charge is 2.34. The van der Waals surface area contributed by atoms with Crippen molar-refractivity contribution in [2.75, 3.05) is 0 Å². The lowest BCUT2D eigenvalue weighted by atomic mass is 10.0. The van der Waals surface area contributed by atoms with Gasteiger partial charge in [-0.15, -0.1) is 0 Å². The summed E-state index contributed by atoms with van der Waals surface area (Å²) in [6.45, 7) is 0. The number of carbonyl (C=O) groups is 1. The number of pyridine rings is 1. The molecule has 0 aliphatic carbocycles. The van der Waals surface area contributed by atoms with Gasteiger partial charge in [-0.1, -0.05) is 0 Å². The molecule has 0 bridgehead atoms. The average molecular weight is 283 g/mol. The van der Waals surface area contributed by atoms with Crippen molar-refractivity contribution in [3.05, 3.63) is 65.2 Å². The Labute approximate surface area is 112 Å². The number of halogens is 4. The smallest absolute Gasteiger partial charge is 0.294 e. The zero-order valence-corrected chi connectivity index (χ0v) is 10.1. The minimum atomic E-state index is -4.56. The van der Waals surface area contributed by atoms with Crippen molar-refractivity contribution in [3.8, 4) is 0 Å². The highest BCUT2D eigenvalue weighted by molar-refractivity contribution is 5.97. The topological polar surface area (TPSA) is 30.0 Å². The van der Waals surface area contributed by atoms with Crippen LogP contribution >= 0.6 is 0 Å². The van der Waals surface area contributed by atoms with Crippen molar-refractivity contribution in [3.63, 3.8) is 0 Å². The molecule has 1 aromatic carbocycles. The first-order valence-electron chi connectivity index (χ1n) is 5.68. The first-order valence-corrected chi connectivity index (χ1v) is 5.68. The maximum atomic E-state index is 12.8. The number of ketones is 1. The molecule has 0 amide bonds. The molecule has 0 atom stereocenters. The lowest BCUT2D eigenvalue weighted by Gasteiger charge is -2.11. The zero-order chi connectivity index (χ0) is 14.8. The van der Waals surface area contributed by atoms with E-state index in [1.54, 1.807) is 0 Å². The van der Waals surface area contributed by atoms with E-state index < -0.39 is 29.8 Å². The van der Waals surface area contributed by atoms with E-state index in [1.807, 2.05) is 0 Å². The second kappa shape index (κ2) is 5.40. The molecule has 0 aliphatic heterocycles. The Morgan fingerprint density at radius 1 is 1.10 bits per heavy atom. The number of nitrogens with zero attached hydrogens (tertiary/aromatic N) is 1. The molecule has 1 heterocycles. The van der Waals surface area contributed by atoms with Gasteiger partial charge in [0.25, 0.3) is 0 Å². The normalized spacial score (nSPS) is 11.4. The Morgan fingerprint density at radius 2 is 1.75 bits per heavy atom. The van der Waals surface area contributed by atoms with Crippen LogP contribution in [0.15, 0.2) is 42.6 Å². The second-order valence-electron chi connectivity index (χ2n) is 4.10. The van der Waals surface area contributed by atoms with E-state index in [4.69, 9.17) is 0 Å². The largest absolute Gasteiger partial charge is 0.418 e. The van der Waals surface area contributed by atoms with Crippen LogP contribution in [0.1, 0.15) is 21.6 Å². The first-order chi connectivity index (χ1) is 9.38. The average Bonchev–Trinajstić information content (AvgIpc) is 2.38. The third-order valence-electron chi connectivity index (χ3n) is 2.69. The molecule has 0 aliphatic rings. The van der Waals surface area contributed by atoms with E-state index in [0.29, 0.717) is 0 Å². The molecule has 0 fully saturated rings. The van der Waals surface area contributed by atoms with Gasteiger partial charge in [0.1, 0.15) is 5.82 Å². The number of benzene rings is 1. The highest BCUT2D eigenvalue weighted by Crippen LogP contribution is 2.31. The maximum absolute atomic E-state index is 12.8. The Hall–Kier alpha value is -2.24. The molecular formula is C14H9F4NO. The maximum Gasteiger partial charge on any atom is 0.418 e. The molecule has 0 radical (unpaired) electrons. The molecule has 2 rings (SSSR count). The minimum Gasteiger partial charge on any atom is -0.294 e. The van der Waals surface area contributed by atoms with E-state index in [9.17, 15) is 22.4 Å². The predicted octanol–water partition coefficient (Wildman–Crippen LogP) is 3.66. The van der Waals surface area contributed by atoms with Gasteiger partial charge in [-0.25, -0.2) is 4.39 Å². The van der Waals surface area contributed by atoms with Crippen LogP contribution in [0.25, 0.3) is 0 Å². The molecule has 0 unspecified atom stereocenters. The van der Waals surface area contributed by atoms with Gasteiger partial charge < -0.3 is 0 Å². The molecule has 0 saturated heterocycles. The number of carbonyl (C=O) groups excluding carboxylic acids is 1. The fourth-order valence-electron chi connectivity index (χ4n) is 1.73. The molecule has 104 valence electrons. The van der Waals surface area contributed by atoms with Crippen molar-refractivity contribution < 1.29 is 22.4 Å². The Morgan fingerprint density at radius 3 is 2.35 bits per heavy atom. The van der Waals surface area contributed by atoms with Crippen molar-refractivity contribution >= 4 is 5.78 Å². The van der Waals surface area contributed by atoms with Crippen LogP contribution in [0, 0.1) is 5.82 Å². The predicted molar refractivity (Wildman–Crippen MR) is 63.7 cm³/mol. The van der Waals surface area contributed by atoms with Gasteiger partial charge in [0.05, 0.1) is 17.7 Å². The summed E-state index contributed by atoms with van der Waals surface area (Å²) in [4.78, 5) is 15.5. The van der Waals surface area contributed by atoms with E-state index in [2.05, 4.69) is 4.98 Å². The Kier molecular flexibility index (Phi) is 3.83. The number of alkyl halides is 3. The number of rotatable bonds is 3. The molecule has 0 saturated carbocycles. The van der Waals surface area contributed by atoms with Gasteiger partial charge in [-0.3, -0.25) is 9.78 Å². The second-order valence-corrected chi connectivity index (χ2v) is 4.10. The van der Waals surface area contributed by atoms with Crippen LogP contribution < -0.4 is 0 Å². The summed E-state index contributed by atoms with van der Waals surface area (Å²) in [6.07, 6.45) is -3.85. The van der Waals surface area contributed by atoms with Crippen LogP contribution in [-0.2, 0) is 12.6 Å². The molecule has 1 aromatic heterocycles. The summed E-state index contributed by atoms with van der Waals surface area (Å²) in [5.74, 6) is -1.07. The number of Topliss-reactive ketones (excluding diaryl/α,β-unsaturated/α-hetero) is 1. The number of hydrogen-bond donors (Lipinski definition) is 0. The molecule has 6 heteroatoms. The van der Waals surface area contributed by atoms with Gasteiger partial charge in [-0.2, -0.15) is 13.2 Å². The quantitative estimate of drug-likeness (QED) is 0.635. The Bertz CT molecular complexity index is 620. The third-order valence-corrected chi connectivity index (χ3v) is 2.69. The molecule has 20 heavy (non-hydrogen) atoms. The highest BCUT2D eigenvalue weighted by atomic mass is 19.4. The van der Waals surface area contributed by atoms with Crippen LogP contribution in [0.5, 0.6) is 0 Å².